The lowest BCUT2D eigenvalue weighted by molar-refractivity contribution is -0.0613. The standard InChI is InChI=1S/C24H30FN3O2/c1-24(2)17-26(14-18-4-10-22(30-3)11-5-18)15-21-16-27(12-13-28(21)24)23(29)19-6-8-20(25)9-7-19/h4-11,21H,12-17H2,1-3H3/t21-/m1/s1. The van der Waals surface area contributed by atoms with Crippen LogP contribution in [0.2, 0.25) is 0 Å². The van der Waals surface area contributed by atoms with E-state index in [2.05, 4.69) is 35.8 Å². The quantitative estimate of drug-likeness (QED) is 0.774. The minimum Gasteiger partial charge on any atom is -0.497 e. The Morgan fingerprint density at radius 2 is 1.77 bits per heavy atom. The lowest BCUT2D eigenvalue weighted by Gasteiger charge is -2.55. The third-order valence-corrected chi connectivity index (χ3v) is 6.28. The van der Waals surface area contributed by atoms with Crippen LogP contribution >= 0.6 is 0 Å². The lowest BCUT2D eigenvalue weighted by Crippen LogP contribution is -2.69. The molecule has 2 fully saturated rings. The molecule has 2 heterocycles. The lowest BCUT2D eigenvalue weighted by atomic mass is 9.92. The zero-order valence-corrected chi connectivity index (χ0v) is 18.0. The van der Waals surface area contributed by atoms with Crippen LogP contribution in [0.4, 0.5) is 4.39 Å². The van der Waals surface area contributed by atoms with Gasteiger partial charge in [0, 0.05) is 56.4 Å². The molecule has 2 saturated heterocycles. The Labute approximate surface area is 178 Å². The molecule has 0 bridgehead atoms. The Bertz CT molecular complexity index is 882. The van der Waals surface area contributed by atoms with E-state index in [0.29, 0.717) is 18.7 Å². The second-order valence-corrected chi connectivity index (χ2v) is 8.94. The number of carbonyl (C=O) groups is 1. The van der Waals surface area contributed by atoms with E-state index < -0.39 is 0 Å². The Morgan fingerprint density at radius 1 is 1.07 bits per heavy atom. The minimum atomic E-state index is -0.320. The number of benzene rings is 2. The van der Waals surface area contributed by atoms with E-state index in [4.69, 9.17) is 4.74 Å². The zero-order chi connectivity index (χ0) is 21.3. The van der Waals surface area contributed by atoms with Crippen LogP contribution in [0.3, 0.4) is 0 Å². The first-order valence-electron chi connectivity index (χ1n) is 10.5. The molecule has 0 spiro atoms. The third kappa shape index (κ3) is 4.35. The average Bonchev–Trinajstić information content (AvgIpc) is 2.73. The second-order valence-electron chi connectivity index (χ2n) is 8.94. The van der Waals surface area contributed by atoms with Gasteiger partial charge in [0.15, 0.2) is 0 Å². The molecule has 1 amide bonds. The van der Waals surface area contributed by atoms with Crippen molar-refractivity contribution in [1.82, 2.24) is 14.7 Å². The molecule has 2 aromatic carbocycles. The fraction of sp³-hybridized carbons (Fsp3) is 0.458. The Hall–Kier alpha value is -2.44. The van der Waals surface area contributed by atoms with Gasteiger partial charge in [-0.2, -0.15) is 0 Å². The van der Waals surface area contributed by atoms with Crippen molar-refractivity contribution in [2.45, 2.75) is 32.0 Å². The average molecular weight is 412 g/mol. The van der Waals surface area contributed by atoms with Crippen LogP contribution in [0.5, 0.6) is 5.75 Å². The topological polar surface area (TPSA) is 36.0 Å². The second kappa shape index (κ2) is 8.36. The molecule has 0 aromatic heterocycles. The third-order valence-electron chi connectivity index (χ3n) is 6.28. The van der Waals surface area contributed by atoms with Crippen LogP contribution in [0, 0.1) is 5.82 Å². The molecule has 4 rings (SSSR count). The van der Waals surface area contributed by atoms with E-state index in [9.17, 15) is 9.18 Å². The molecule has 30 heavy (non-hydrogen) atoms. The molecule has 0 unspecified atom stereocenters. The number of nitrogens with zero attached hydrogens (tertiary/aromatic N) is 3. The number of ether oxygens (including phenoxy) is 1. The smallest absolute Gasteiger partial charge is 0.253 e. The summed E-state index contributed by atoms with van der Waals surface area (Å²) in [4.78, 5) is 19.9. The molecule has 6 heteroatoms. The Kier molecular flexibility index (Phi) is 5.80. The molecule has 0 N–H and O–H groups in total. The van der Waals surface area contributed by atoms with Gasteiger partial charge in [0.05, 0.1) is 7.11 Å². The molecular formula is C24H30FN3O2. The number of hydrogen-bond acceptors (Lipinski definition) is 4. The predicted molar refractivity (Wildman–Crippen MR) is 115 cm³/mol. The van der Waals surface area contributed by atoms with Crippen LogP contribution in [0.25, 0.3) is 0 Å². The Morgan fingerprint density at radius 3 is 2.43 bits per heavy atom. The molecule has 2 aliphatic heterocycles. The monoisotopic (exact) mass is 411 g/mol. The molecule has 1 atom stereocenters. The molecule has 0 radical (unpaired) electrons. The number of fused-ring (bicyclic) bond motifs is 1. The van der Waals surface area contributed by atoms with Crippen LogP contribution in [-0.2, 0) is 6.54 Å². The highest BCUT2D eigenvalue weighted by Gasteiger charge is 2.43. The number of carbonyl (C=O) groups excluding carboxylic acids is 1. The molecule has 2 aromatic rings. The van der Waals surface area contributed by atoms with Gasteiger partial charge in [-0.1, -0.05) is 12.1 Å². The van der Waals surface area contributed by atoms with E-state index in [-0.39, 0.29) is 23.3 Å². The van der Waals surface area contributed by atoms with Crippen molar-refractivity contribution in [3.05, 3.63) is 65.5 Å². The minimum absolute atomic E-state index is 0.0141. The van der Waals surface area contributed by atoms with Crippen LogP contribution < -0.4 is 4.74 Å². The van der Waals surface area contributed by atoms with Gasteiger partial charge in [0.25, 0.3) is 5.91 Å². The fourth-order valence-electron chi connectivity index (χ4n) is 4.88. The summed E-state index contributed by atoms with van der Waals surface area (Å²) in [6.45, 7) is 9.62. The van der Waals surface area contributed by atoms with Crippen molar-refractivity contribution in [3.63, 3.8) is 0 Å². The summed E-state index contributed by atoms with van der Waals surface area (Å²) in [6.07, 6.45) is 0. The SMILES string of the molecule is COc1ccc(CN2C[C@@H]3CN(C(=O)c4ccc(F)cc4)CCN3C(C)(C)C2)cc1. The zero-order valence-electron chi connectivity index (χ0n) is 18.0. The van der Waals surface area contributed by atoms with Gasteiger partial charge in [0.2, 0.25) is 0 Å². The van der Waals surface area contributed by atoms with Crippen molar-refractivity contribution in [2.24, 2.45) is 0 Å². The first kappa shape index (κ1) is 20.8. The van der Waals surface area contributed by atoms with Gasteiger partial charge >= 0.3 is 0 Å². The number of hydrogen-bond donors (Lipinski definition) is 0. The summed E-state index contributed by atoms with van der Waals surface area (Å²) in [5, 5.41) is 0. The summed E-state index contributed by atoms with van der Waals surface area (Å²) in [7, 11) is 1.68. The van der Waals surface area contributed by atoms with E-state index in [1.807, 2.05) is 17.0 Å². The highest BCUT2D eigenvalue weighted by molar-refractivity contribution is 5.94. The fourth-order valence-corrected chi connectivity index (χ4v) is 4.88. The van der Waals surface area contributed by atoms with Crippen LogP contribution in [0.1, 0.15) is 29.8 Å². The first-order valence-corrected chi connectivity index (χ1v) is 10.5. The van der Waals surface area contributed by atoms with Crippen molar-refractivity contribution in [3.8, 4) is 5.75 Å². The number of rotatable bonds is 4. The maximum Gasteiger partial charge on any atom is 0.253 e. The van der Waals surface area contributed by atoms with Crippen molar-refractivity contribution in [1.29, 1.82) is 0 Å². The molecular weight excluding hydrogens is 381 g/mol. The predicted octanol–water partition coefficient (Wildman–Crippen LogP) is 3.26. The van der Waals surface area contributed by atoms with Crippen LogP contribution in [0.15, 0.2) is 48.5 Å². The van der Waals surface area contributed by atoms with Gasteiger partial charge < -0.3 is 9.64 Å². The van der Waals surface area contributed by atoms with E-state index in [1.54, 1.807) is 19.2 Å². The van der Waals surface area contributed by atoms with Crippen molar-refractivity contribution in [2.75, 3.05) is 39.8 Å². The maximum absolute atomic E-state index is 13.2. The van der Waals surface area contributed by atoms with Crippen molar-refractivity contribution >= 4 is 5.91 Å². The summed E-state index contributed by atoms with van der Waals surface area (Å²) >= 11 is 0. The summed E-state index contributed by atoms with van der Waals surface area (Å²) in [5.41, 5.74) is 1.85. The highest BCUT2D eigenvalue weighted by Crippen LogP contribution is 2.29. The van der Waals surface area contributed by atoms with Gasteiger partial charge in [-0.25, -0.2) is 4.39 Å². The van der Waals surface area contributed by atoms with Crippen molar-refractivity contribution < 1.29 is 13.9 Å². The summed E-state index contributed by atoms with van der Waals surface area (Å²) in [6, 6.07) is 14.4. The number of piperazine rings is 2. The normalized spacial score (nSPS) is 21.9. The maximum atomic E-state index is 13.2. The van der Waals surface area contributed by atoms with Gasteiger partial charge in [-0.15, -0.1) is 0 Å². The molecule has 0 saturated carbocycles. The van der Waals surface area contributed by atoms with Gasteiger partial charge in [-0.05, 0) is 55.8 Å². The van der Waals surface area contributed by atoms with Gasteiger partial charge in [0.1, 0.15) is 11.6 Å². The van der Waals surface area contributed by atoms with Crippen LogP contribution in [-0.4, -0.2) is 72.0 Å². The summed E-state index contributed by atoms with van der Waals surface area (Å²) < 4.78 is 18.5. The van der Waals surface area contributed by atoms with Gasteiger partial charge in [-0.3, -0.25) is 14.6 Å². The van der Waals surface area contributed by atoms with E-state index in [1.165, 1.54) is 17.7 Å². The number of methoxy groups -OCH3 is 1. The molecule has 160 valence electrons. The largest absolute Gasteiger partial charge is 0.497 e. The molecule has 0 aliphatic carbocycles. The summed E-state index contributed by atoms with van der Waals surface area (Å²) in [5.74, 6) is 0.533. The molecule has 5 nitrogen and oxygen atoms in total. The number of amides is 1. The first-order chi connectivity index (χ1) is 14.4. The number of halogens is 1. The van der Waals surface area contributed by atoms with E-state index >= 15 is 0 Å². The van der Waals surface area contributed by atoms with E-state index in [0.717, 1.165) is 31.9 Å². The Balaban J connectivity index is 1.45. The molecule has 2 aliphatic rings. The highest BCUT2D eigenvalue weighted by atomic mass is 19.1.